The smallest absolute Gasteiger partial charge is 0.223 e. The lowest BCUT2D eigenvalue weighted by molar-refractivity contribution is -0.110. The molecule has 0 spiro atoms. The molecule has 1 aromatic rings. The van der Waals surface area contributed by atoms with Gasteiger partial charge in [0.15, 0.2) is 17.7 Å². The zero-order valence-electron chi connectivity index (χ0n) is 22.4. The molecular weight excluding hydrogens is 436 g/mol. The van der Waals surface area contributed by atoms with Crippen LogP contribution in [-0.2, 0) is 9.53 Å². The van der Waals surface area contributed by atoms with E-state index in [9.17, 15) is 14.4 Å². The molecule has 1 aliphatic heterocycles. The van der Waals surface area contributed by atoms with Gasteiger partial charge in [0.25, 0.3) is 0 Å². The van der Waals surface area contributed by atoms with Gasteiger partial charge in [-0.2, -0.15) is 0 Å². The molecule has 4 nitrogen and oxygen atoms in total. The van der Waals surface area contributed by atoms with Gasteiger partial charge >= 0.3 is 0 Å². The summed E-state index contributed by atoms with van der Waals surface area (Å²) in [6.45, 7) is 11.4. The molecule has 0 radical (unpaired) electrons. The normalized spacial score (nSPS) is 25.3. The highest BCUT2D eigenvalue weighted by atomic mass is 16.6. The first kappa shape index (κ1) is 27.5. The summed E-state index contributed by atoms with van der Waals surface area (Å²) in [5, 5.41) is 0. The van der Waals surface area contributed by atoms with Crippen LogP contribution in [0.5, 0.6) is 0 Å². The number of fused-ring (bicyclic) bond motifs is 2. The van der Waals surface area contributed by atoms with Crippen LogP contribution in [0.1, 0.15) is 120 Å². The molecule has 4 unspecified atom stereocenters. The number of aldehydes is 1. The van der Waals surface area contributed by atoms with E-state index < -0.39 is 17.0 Å². The van der Waals surface area contributed by atoms with Gasteiger partial charge in [0.05, 0.1) is 0 Å². The van der Waals surface area contributed by atoms with E-state index in [1.54, 1.807) is 24.3 Å². The van der Waals surface area contributed by atoms with E-state index >= 15 is 0 Å². The van der Waals surface area contributed by atoms with E-state index in [1.807, 2.05) is 6.08 Å². The topological polar surface area (TPSA) is 63.7 Å². The Kier molecular flexibility index (Phi) is 9.26. The lowest BCUT2D eigenvalue weighted by atomic mass is 9.73. The van der Waals surface area contributed by atoms with Gasteiger partial charge in [-0.1, -0.05) is 109 Å². The highest BCUT2D eigenvalue weighted by Gasteiger charge is 2.80. The Labute approximate surface area is 211 Å². The average molecular weight is 481 g/mol. The summed E-state index contributed by atoms with van der Waals surface area (Å²) in [5.74, 6) is 1.71. The Balaban J connectivity index is 1.42. The van der Waals surface area contributed by atoms with E-state index in [0.717, 1.165) is 24.7 Å². The summed E-state index contributed by atoms with van der Waals surface area (Å²) < 4.78 is 5.69. The summed E-state index contributed by atoms with van der Waals surface area (Å²) in [7, 11) is 0. The molecule has 0 aromatic heterocycles. The molecule has 0 N–H and O–H groups in total. The Hall–Kier alpha value is -2.07. The Morgan fingerprint density at radius 2 is 1.40 bits per heavy atom. The maximum atomic E-state index is 13.2. The fraction of sp³-hybridized carbons (Fsp3) is 0.645. The molecule has 4 atom stereocenters. The number of Topliss-reactive ketones (excluding diaryl/α,β-unsaturated/α-hetero) is 2. The lowest BCUT2D eigenvalue weighted by Crippen LogP contribution is -2.45. The number of allylic oxidation sites excluding steroid dienone is 1. The van der Waals surface area contributed by atoms with Crippen molar-refractivity contribution in [3.8, 4) is 0 Å². The highest BCUT2D eigenvalue weighted by molar-refractivity contribution is 6.30. The van der Waals surface area contributed by atoms with Crippen LogP contribution in [-0.4, -0.2) is 29.1 Å². The van der Waals surface area contributed by atoms with Crippen molar-refractivity contribution in [3.05, 3.63) is 47.0 Å². The molecule has 0 amide bonds. The molecule has 1 saturated heterocycles. The molecule has 192 valence electrons. The highest BCUT2D eigenvalue weighted by Crippen LogP contribution is 2.56. The number of carbonyl (C=O) groups is 3. The molecule has 1 heterocycles. The van der Waals surface area contributed by atoms with Crippen molar-refractivity contribution in [1.29, 1.82) is 0 Å². The predicted octanol–water partition coefficient (Wildman–Crippen LogP) is 7.55. The van der Waals surface area contributed by atoms with Crippen LogP contribution in [0.25, 0.3) is 0 Å². The number of carbonyl (C=O) groups excluding carboxylic acids is 3. The van der Waals surface area contributed by atoms with Crippen molar-refractivity contribution >= 4 is 17.9 Å². The number of ether oxygens (including phenoxy) is 1. The van der Waals surface area contributed by atoms with E-state index in [2.05, 4.69) is 34.6 Å². The van der Waals surface area contributed by atoms with Gasteiger partial charge in [0.1, 0.15) is 0 Å². The standard InChI is InChI=1S/C31H44O4/c1-22(2)11-8-12-23(3)13-9-14-24(4)15-10-16-25(5)19-20-30-28(33)26-17-6-7-18-27(26)29(34)31(30,21-32)35-30/h6-7,17-19,21-24H,8-16,20H2,1-5H3/b25-19+. The second-order valence-electron chi connectivity index (χ2n) is 11.6. The summed E-state index contributed by atoms with van der Waals surface area (Å²) in [5.41, 5.74) is -1.17. The van der Waals surface area contributed by atoms with Crippen molar-refractivity contribution < 1.29 is 19.1 Å². The summed E-state index contributed by atoms with van der Waals surface area (Å²) in [4.78, 5) is 38.0. The third-order valence-electron chi connectivity index (χ3n) is 8.06. The molecule has 3 rings (SSSR count). The van der Waals surface area contributed by atoms with Gasteiger partial charge in [-0.05, 0) is 37.5 Å². The van der Waals surface area contributed by atoms with Gasteiger partial charge < -0.3 is 4.74 Å². The number of ketones is 2. The van der Waals surface area contributed by atoms with E-state index in [0.29, 0.717) is 17.8 Å². The van der Waals surface area contributed by atoms with Crippen LogP contribution in [0.4, 0.5) is 0 Å². The van der Waals surface area contributed by atoms with Gasteiger partial charge in [-0.3, -0.25) is 14.4 Å². The lowest BCUT2D eigenvalue weighted by Gasteiger charge is -2.21. The molecule has 1 fully saturated rings. The first-order chi connectivity index (χ1) is 16.7. The number of hydrogen-bond donors (Lipinski definition) is 0. The fourth-order valence-electron chi connectivity index (χ4n) is 5.58. The average Bonchev–Trinajstić information content (AvgIpc) is 3.52. The molecular formula is C31H44O4. The minimum Gasteiger partial charge on any atom is -0.337 e. The number of rotatable bonds is 15. The Morgan fingerprint density at radius 3 is 1.97 bits per heavy atom. The first-order valence-electron chi connectivity index (χ1n) is 13.7. The SMILES string of the molecule is C/C(=C\CC12OC1(C=O)C(=O)c1ccccc1C2=O)CCCC(C)CCCC(C)CCCC(C)C. The quantitative estimate of drug-likeness (QED) is 0.112. The van der Waals surface area contributed by atoms with Crippen LogP contribution >= 0.6 is 0 Å². The number of hydrogen-bond acceptors (Lipinski definition) is 4. The summed E-state index contributed by atoms with van der Waals surface area (Å²) in [6, 6.07) is 6.70. The van der Waals surface area contributed by atoms with Crippen molar-refractivity contribution in [2.24, 2.45) is 17.8 Å². The van der Waals surface area contributed by atoms with Crippen molar-refractivity contribution in [2.45, 2.75) is 110 Å². The third-order valence-corrected chi connectivity index (χ3v) is 8.06. The van der Waals surface area contributed by atoms with Crippen LogP contribution in [0.2, 0.25) is 0 Å². The number of epoxide rings is 1. The van der Waals surface area contributed by atoms with Gasteiger partial charge in [-0.25, -0.2) is 0 Å². The van der Waals surface area contributed by atoms with Crippen LogP contribution < -0.4 is 0 Å². The molecule has 35 heavy (non-hydrogen) atoms. The molecule has 4 heteroatoms. The summed E-state index contributed by atoms with van der Waals surface area (Å²) in [6.07, 6.45) is 14.0. The molecule has 1 aromatic carbocycles. The maximum absolute atomic E-state index is 13.2. The monoisotopic (exact) mass is 480 g/mol. The van der Waals surface area contributed by atoms with Gasteiger partial charge in [0, 0.05) is 17.5 Å². The van der Waals surface area contributed by atoms with Gasteiger partial charge in [-0.15, -0.1) is 0 Å². The van der Waals surface area contributed by atoms with Crippen LogP contribution in [0.3, 0.4) is 0 Å². The van der Waals surface area contributed by atoms with Crippen LogP contribution in [0.15, 0.2) is 35.9 Å². The van der Waals surface area contributed by atoms with E-state index in [1.165, 1.54) is 50.5 Å². The second-order valence-corrected chi connectivity index (χ2v) is 11.6. The first-order valence-corrected chi connectivity index (χ1v) is 13.7. The zero-order valence-corrected chi connectivity index (χ0v) is 22.4. The maximum Gasteiger partial charge on any atom is 0.223 e. The predicted molar refractivity (Wildman–Crippen MR) is 141 cm³/mol. The van der Waals surface area contributed by atoms with Crippen molar-refractivity contribution in [2.75, 3.05) is 0 Å². The van der Waals surface area contributed by atoms with E-state index in [-0.39, 0.29) is 17.8 Å². The van der Waals surface area contributed by atoms with E-state index in [4.69, 9.17) is 4.74 Å². The van der Waals surface area contributed by atoms with Gasteiger partial charge in [0.2, 0.25) is 11.4 Å². The fourth-order valence-corrected chi connectivity index (χ4v) is 5.58. The zero-order chi connectivity index (χ0) is 25.6. The largest absolute Gasteiger partial charge is 0.337 e. The minimum atomic E-state index is -1.64. The summed E-state index contributed by atoms with van der Waals surface area (Å²) >= 11 is 0. The molecule has 2 aliphatic rings. The van der Waals surface area contributed by atoms with Crippen molar-refractivity contribution in [1.82, 2.24) is 0 Å². The third kappa shape index (κ3) is 6.02. The Morgan fingerprint density at radius 1 is 0.857 bits per heavy atom. The van der Waals surface area contributed by atoms with Crippen LogP contribution in [0, 0.1) is 17.8 Å². The number of benzene rings is 1. The molecule has 0 bridgehead atoms. The molecule has 1 aliphatic carbocycles. The second kappa shape index (κ2) is 11.8. The molecule has 0 saturated carbocycles. The van der Waals surface area contributed by atoms with Crippen molar-refractivity contribution in [3.63, 3.8) is 0 Å². The Bertz CT molecular complexity index is 945. The minimum absolute atomic E-state index is 0.254.